The maximum Gasteiger partial charge on any atom is 0.337 e. The van der Waals surface area contributed by atoms with Gasteiger partial charge in [0.25, 0.3) is 5.91 Å². The van der Waals surface area contributed by atoms with Gasteiger partial charge in [-0.2, -0.15) is 5.11 Å². The number of amides is 1. The van der Waals surface area contributed by atoms with Crippen molar-refractivity contribution in [3.05, 3.63) is 53.7 Å². The molecule has 1 aromatic carbocycles. The van der Waals surface area contributed by atoms with E-state index in [9.17, 15) is 9.59 Å². The minimum Gasteiger partial charge on any atom is -0.457 e. The molecule has 1 atom stereocenters. The number of carbonyl (C=O) groups excluding carboxylic acids is 2. The largest absolute Gasteiger partial charge is 0.457 e. The van der Waals surface area contributed by atoms with Gasteiger partial charge < -0.3 is 9.26 Å². The lowest BCUT2D eigenvalue weighted by atomic mass is 10.1. The van der Waals surface area contributed by atoms with E-state index in [1.807, 2.05) is 31.2 Å². The first-order chi connectivity index (χ1) is 11.1. The Morgan fingerprint density at radius 2 is 2.09 bits per heavy atom. The van der Waals surface area contributed by atoms with Gasteiger partial charge >= 0.3 is 5.97 Å². The van der Waals surface area contributed by atoms with Crippen LogP contribution in [0.4, 0.5) is 0 Å². The fraction of sp³-hybridized carbons (Fsp3) is 0.188. The van der Waals surface area contributed by atoms with Crippen molar-refractivity contribution in [3.8, 4) is 11.3 Å². The molecule has 23 heavy (non-hydrogen) atoms. The first-order valence-electron chi connectivity index (χ1n) is 6.94. The van der Waals surface area contributed by atoms with Crippen LogP contribution in [0.15, 0.2) is 57.2 Å². The Bertz CT molecular complexity index is 774. The second-order valence-electron chi connectivity index (χ2n) is 5.01. The molecule has 0 saturated carbocycles. The summed E-state index contributed by atoms with van der Waals surface area (Å²) in [5.41, 5.74) is 2.53. The lowest BCUT2D eigenvalue weighted by Crippen LogP contribution is -2.21. The Balaban J connectivity index is 1.60. The summed E-state index contributed by atoms with van der Waals surface area (Å²) in [6.45, 7) is 1.96. The number of hydrogen-bond acceptors (Lipinski definition) is 6. The van der Waals surface area contributed by atoms with Gasteiger partial charge in [0.2, 0.25) is 0 Å². The minimum absolute atomic E-state index is 0.0397. The van der Waals surface area contributed by atoms with E-state index in [0.717, 1.165) is 11.1 Å². The Labute approximate surface area is 131 Å². The second kappa shape index (κ2) is 6.35. The predicted molar refractivity (Wildman–Crippen MR) is 79.3 cm³/mol. The first-order valence-corrected chi connectivity index (χ1v) is 6.94. The van der Waals surface area contributed by atoms with Crippen molar-refractivity contribution in [3.63, 3.8) is 0 Å². The maximum absolute atomic E-state index is 11.8. The Hall–Kier alpha value is -3.09. The third kappa shape index (κ3) is 3.57. The summed E-state index contributed by atoms with van der Waals surface area (Å²) in [6, 6.07) is 8.61. The molecular formula is C16H13N3O4. The molecule has 1 aromatic heterocycles. The van der Waals surface area contributed by atoms with Crippen molar-refractivity contribution in [1.82, 2.24) is 5.16 Å². The summed E-state index contributed by atoms with van der Waals surface area (Å²) < 4.78 is 10.3. The zero-order chi connectivity index (χ0) is 16.2. The number of hydrogen-bond donors (Lipinski definition) is 0. The molecule has 3 rings (SSSR count). The van der Waals surface area contributed by atoms with Crippen LogP contribution in [0.3, 0.4) is 0 Å². The van der Waals surface area contributed by atoms with Crippen molar-refractivity contribution in [1.29, 1.82) is 0 Å². The number of aryl methyl sites for hydroxylation is 1. The summed E-state index contributed by atoms with van der Waals surface area (Å²) in [5.74, 6) is -0.496. The molecule has 0 radical (unpaired) electrons. The van der Waals surface area contributed by atoms with Gasteiger partial charge in [0.1, 0.15) is 12.3 Å². The number of nitrogens with zero attached hydrogens (tertiary/aromatic N) is 3. The van der Waals surface area contributed by atoms with E-state index < -0.39 is 17.9 Å². The minimum atomic E-state index is -0.892. The second-order valence-corrected chi connectivity index (χ2v) is 5.01. The molecule has 0 N–H and O–H groups in total. The van der Waals surface area contributed by atoms with Gasteiger partial charge in [0.05, 0.1) is 0 Å². The van der Waals surface area contributed by atoms with E-state index in [0.29, 0.717) is 11.5 Å². The van der Waals surface area contributed by atoms with Crippen LogP contribution in [0.25, 0.3) is 11.3 Å². The molecule has 1 aliphatic heterocycles. The molecule has 1 amide bonds. The summed E-state index contributed by atoms with van der Waals surface area (Å²) in [5, 5.41) is 10.7. The van der Waals surface area contributed by atoms with Crippen LogP contribution in [0.5, 0.6) is 0 Å². The summed E-state index contributed by atoms with van der Waals surface area (Å²) in [4.78, 5) is 22.6. The number of aromatic nitrogens is 1. The van der Waals surface area contributed by atoms with Gasteiger partial charge in [-0.15, -0.1) is 5.11 Å². The van der Waals surface area contributed by atoms with Crippen molar-refractivity contribution in [2.45, 2.75) is 19.6 Å². The fourth-order valence-electron chi connectivity index (χ4n) is 1.95. The van der Waals surface area contributed by atoms with E-state index in [1.165, 1.54) is 12.2 Å². The zero-order valence-electron chi connectivity index (χ0n) is 12.3. The summed E-state index contributed by atoms with van der Waals surface area (Å²) >= 11 is 0. The molecule has 2 aromatic rings. The lowest BCUT2D eigenvalue weighted by Gasteiger charge is -2.07. The first kappa shape index (κ1) is 14.8. The molecule has 2 heterocycles. The zero-order valence-corrected chi connectivity index (χ0v) is 12.3. The van der Waals surface area contributed by atoms with Crippen LogP contribution in [0.2, 0.25) is 0 Å². The molecule has 0 spiro atoms. The molecule has 7 nitrogen and oxygen atoms in total. The van der Waals surface area contributed by atoms with Crippen LogP contribution in [0, 0.1) is 6.92 Å². The number of azo groups is 1. The standard InChI is InChI=1S/C16H13N3O4/c1-10-2-4-11(5-3-10)14-8-12(19-23-14)9-22-16(21)13-6-7-15(20)18-17-13/h2-8,13H,9H2,1H3. The average molecular weight is 311 g/mol. The SMILES string of the molecule is Cc1ccc(-c2cc(COC(=O)C3C=CC(=O)N=N3)no2)cc1. The smallest absolute Gasteiger partial charge is 0.337 e. The van der Waals surface area contributed by atoms with Gasteiger partial charge in [-0.3, -0.25) is 4.79 Å². The summed E-state index contributed by atoms with van der Waals surface area (Å²) in [6.07, 6.45) is 2.53. The van der Waals surface area contributed by atoms with E-state index in [2.05, 4.69) is 15.4 Å². The van der Waals surface area contributed by atoms with Crippen molar-refractivity contribution in [2.75, 3.05) is 0 Å². The Kier molecular flexibility index (Phi) is 4.09. The van der Waals surface area contributed by atoms with E-state index in [-0.39, 0.29) is 6.61 Å². The van der Waals surface area contributed by atoms with Gasteiger partial charge in [-0.05, 0) is 13.0 Å². The predicted octanol–water partition coefficient (Wildman–Crippen LogP) is 2.61. The molecule has 1 aliphatic rings. The number of ether oxygens (including phenoxy) is 1. The quantitative estimate of drug-likeness (QED) is 0.809. The van der Waals surface area contributed by atoms with E-state index in [1.54, 1.807) is 6.07 Å². The van der Waals surface area contributed by atoms with E-state index >= 15 is 0 Å². The van der Waals surface area contributed by atoms with Crippen LogP contribution in [-0.2, 0) is 20.9 Å². The highest BCUT2D eigenvalue weighted by molar-refractivity contribution is 5.91. The fourth-order valence-corrected chi connectivity index (χ4v) is 1.95. The van der Waals surface area contributed by atoms with Gasteiger partial charge in [0.15, 0.2) is 11.8 Å². The van der Waals surface area contributed by atoms with Crippen molar-refractivity contribution in [2.24, 2.45) is 10.2 Å². The topological polar surface area (TPSA) is 94.1 Å². The van der Waals surface area contributed by atoms with Crippen LogP contribution >= 0.6 is 0 Å². The molecule has 0 fully saturated rings. The monoisotopic (exact) mass is 311 g/mol. The van der Waals surface area contributed by atoms with Crippen LogP contribution in [0.1, 0.15) is 11.3 Å². The number of benzene rings is 1. The average Bonchev–Trinajstić information content (AvgIpc) is 3.03. The molecule has 0 aliphatic carbocycles. The highest BCUT2D eigenvalue weighted by atomic mass is 16.5. The molecule has 0 bridgehead atoms. The summed E-state index contributed by atoms with van der Waals surface area (Å²) in [7, 11) is 0. The van der Waals surface area contributed by atoms with E-state index in [4.69, 9.17) is 9.26 Å². The molecule has 116 valence electrons. The maximum atomic E-state index is 11.8. The third-order valence-electron chi connectivity index (χ3n) is 3.20. The number of carbonyl (C=O) groups is 2. The molecular weight excluding hydrogens is 298 g/mol. The van der Waals surface area contributed by atoms with Crippen molar-refractivity contribution < 1.29 is 18.8 Å². The third-order valence-corrected chi connectivity index (χ3v) is 3.20. The normalized spacial score (nSPS) is 16.6. The Morgan fingerprint density at radius 3 is 2.78 bits per heavy atom. The van der Waals surface area contributed by atoms with Gasteiger partial charge in [-0.25, -0.2) is 4.79 Å². The number of esters is 1. The highest BCUT2D eigenvalue weighted by Crippen LogP contribution is 2.21. The van der Waals surface area contributed by atoms with Gasteiger partial charge in [-0.1, -0.05) is 35.0 Å². The lowest BCUT2D eigenvalue weighted by molar-refractivity contribution is -0.145. The van der Waals surface area contributed by atoms with Crippen LogP contribution in [-0.4, -0.2) is 23.1 Å². The molecule has 7 heteroatoms. The number of rotatable bonds is 4. The van der Waals surface area contributed by atoms with Gasteiger partial charge in [0, 0.05) is 17.7 Å². The highest BCUT2D eigenvalue weighted by Gasteiger charge is 2.20. The Morgan fingerprint density at radius 1 is 1.30 bits per heavy atom. The van der Waals surface area contributed by atoms with Crippen LogP contribution < -0.4 is 0 Å². The van der Waals surface area contributed by atoms with Crippen molar-refractivity contribution >= 4 is 11.9 Å². The molecule has 1 unspecified atom stereocenters. The molecule has 0 saturated heterocycles.